The van der Waals surface area contributed by atoms with Crippen molar-refractivity contribution in [3.63, 3.8) is 0 Å². The van der Waals surface area contributed by atoms with Gasteiger partial charge in [0.05, 0.1) is 11.5 Å². The molecule has 1 aromatic carbocycles. The minimum atomic E-state index is -3.82. The SMILES string of the molecule is CCOc1ccc(NS(=O)(=O)c2cc(-c3nnc(C(=O)N4CCCC4)o3)sc2C)cc1. The molecule has 164 valence electrons. The summed E-state index contributed by atoms with van der Waals surface area (Å²) in [5.74, 6) is 0.405. The zero-order valence-electron chi connectivity index (χ0n) is 17.1. The number of benzene rings is 1. The number of aryl methyl sites for hydroxylation is 1. The molecule has 2 aromatic heterocycles. The maximum absolute atomic E-state index is 12.9. The van der Waals surface area contributed by atoms with E-state index in [9.17, 15) is 13.2 Å². The molecule has 1 saturated heterocycles. The van der Waals surface area contributed by atoms with E-state index in [1.807, 2.05) is 6.92 Å². The third-order valence-electron chi connectivity index (χ3n) is 4.79. The molecule has 1 N–H and O–H groups in total. The Morgan fingerprint density at radius 1 is 1.23 bits per heavy atom. The van der Waals surface area contributed by atoms with Crippen LogP contribution in [0.1, 0.15) is 35.3 Å². The van der Waals surface area contributed by atoms with Crippen LogP contribution in [0.5, 0.6) is 5.75 Å². The zero-order valence-corrected chi connectivity index (χ0v) is 18.8. The van der Waals surface area contributed by atoms with E-state index in [4.69, 9.17) is 9.15 Å². The molecular formula is C20H22N4O5S2. The fourth-order valence-electron chi connectivity index (χ4n) is 3.30. The highest BCUT2D eigenvalue weighted by Crippen LogP contribution is 2.34. The van der Waals surface area contributed by atoms with Crippen LogP contribution in [0.15, 0.2) is 39.6 Å². The average Bonchev–Trinajstić information content (AvgIpc) is 3.49. The van der Waals surface area contributed by atoms with Crippen molar-refractivity contribution in [2.75, 3.05) is 24.4 Å². The number of rotatable bonds is 7. The predicted octanol–water partition coefficient (Wildman–Crippen LogP) is 3.54. The second kappa shape index (κ2) is 8.67. The van der Waals surface area contributed by atoms with Gasteiger partial charge in [-0.15, -0.1) is 21.5 Å². The van der Waals surface area contributed by atoms with E-state index < -0.39 is 10.0 Å². The van der Waals surface area contributed by atoms with Crippen LogP contribution in [0.25, 0.3) is 10.8 Å². The van der Waals surface area contributed by atoms with Gasteiger partial charge in [-0.25, -0.2) is 8.42 Å². The average molecular weight is 463 g/mol. The van der Waals surface area contributed by atoms with Gasteiger partial charge in [0.1, 0.15) is 10.6 Å². The normalized spacial score (nSPS) is 14.1. The molecule has 0 bridgehead atoms. The predicted molar refractivity (Wildman–Crippen MR) is 116 cm³/mol. The summed E-state index contributed by atoms with van der Waals surface area (Å²) in [4.78, 5) is 15.3. The molecule has 31 heavy (non-hydrogen) atoms. The van der Waals surface area contributed by atoms with Gasteiger partial charge in [0, 0.05) is 23.7 Å². The standard InChI is InChI=1S/C20H22N4O5S2/c1-3-28-15-8-6-14(7-9-15)23-31(26,27)17-12-16(30-13(17)2)18-21-22-19(29-18)20(25)24-10-4-5-11-24/h6-9,12,23H,3-5,10-11H2,1-2H3. The lowest BCUT2D eigenvalue weighted by molar-refractivity contribution is 0.0754. The summed E-state index contributed by atoms with van der Waals surface area (Å²) < 4.78 is 39.3. The number of nitrogens with one attached hydrogen (secondary N) is 1. The van der Waals surface area contributed by atoms with Gasteiger partial charge in [0.2, 0.25) is 0 Å². The van der Waals surface area contributed by atoms with Crippen molar-refractivity contribution in [2.45, 2.75) is 31.6 Å². The van der Waals surface area contributed by atoms with E-state index in [-0.39, 0.29) is 22.6 Å². The number of aromatic nitrogens is 2. The van der Waals surface area contributed by atoms with Gasteiger partial charge in [0.15, 0.2) is 0 Å². The number of likely N-dealkylation sites (tertiary alicyclic amines) is 1. The van der Waals surface area contributed by atoms with Gasteiger partial charge < -0.3 is 14.1 Å². The van der Waals surface area contributed by atoms with E-state index in [0.717, 1.165) is 12.8 Å². The summed E-state index contributed by atoms with van der Waals surface area (Å²) in [6.45, 7) is 5.46. The molecule has 3 heterocycles. The number of carbonyl (C=O) groups excluding carboxylic acids is 1. The first-order valence-corrected chi connectivity index (χ1v) is 12.2. The summed E-state index contributed by atoms with van der Waals surface area (Å²) in [5.41, 5.74) is 0.423. The van der Waals surface area contributed by atoms with E-state index >= 15 is 0 Å². The maximum Gasteiger partial charge on any atom is 0.311 e. The lowest BCUT2D eigenvalue weighted by atomic mass is 10.3. The lowest BCUT2D eigenvalue weighted by Gasteiger charge is -2.11. The molecular weight excluding hydrogens is 440 g/mol. The largest absolute Gasteiger partial charge is 0.494 e. The first-order chi connectivity index (χ1) is 14.9. The molecule has 3 aromatic rings. The Labute approximate surface area is 184 Å². The van der Waals surface area contributed by atoms with Crippen molar-refractivity contribution in [3.05, 3.63) is 41.1 Å². The summed E-state index contributed by atoms with van der Waals surface area (Å²) in [6.07, 6.45) is 1.92. The van der Waals surface area contributed by atoms with Gasteiger partial charge in [-0.3, -0.25) is 9.52 Å². The van der Waals surface area contributed by atoms with Crippen LogP contribution in [0.4, 0.5) is 5.69 Å². The number of sulfonamides is 1. The molecule has 0 unspecified atom stereocenters. The number of hydrogen-bond donors (Lipinski definition) is 1. The highest BCUT2D eigenvalue weighted by atomic mass is 32.2. The van der Waals surface area contributed by atoms with Crippen LogP contribution >= 0.6 is 11.3 Å². The Kier molecular flexibility index (Phi) is 5.96. The second-order valence-corrected chi connectivity index (χ2v) is 9.91. The second-order valence-electron chi connectivity index (χ2n) is 7.01. The molecule has 4 rings (SSSR count). The fraction of sp³-hybridized carbons (Fsp3) is 0.350. The Balaban J connectivity index is 1.53. The van der Waals surface area contributed by atoms with E-state index in [1.54, 1.807) is 36.1 Å². The van der Waals surface area contributed by atoms with Crippen LogP contribution in [0.3, 0.4) is 0 Å². The third-order valence-corrected chi connectivity index (χ3v) is 7.47. The Hall–Kier alpha value is -2.92. The molecule has 0 saturated carbocycles. The number of nitrogens with zero attached hydrogens (tertiary/aromatic N) is 3. The Morgan fingerprint density at radius 2 is 1.94 bits per heavy atom. The molecule has 0 aliphatic carbocycles. The van der Waals surface area contributed by atoms with Crippen LogP contribution in [-0.2, 0) is 10.0 Å². The topological polar surface area (TPSA) is 115 Å². The molecule has 0 radical (unpaired) electrons. The number of hydrogen-bond acceptors (Lipinski definition) is 8. The number of amides is 1. The molecule has 9 nitrogen and oxygen atoms in total. The minimum Gasteiger partial charge on any atom is -0.494 e. The first-order valence-electron chi connectivity index (χ1n) is 9.86. The summed E-state index contributed by atoms with van der Waals surface area (Å²) in [7, 11) is -3.82. The molecule has 1 aliphatic rings. The van der Waals surface area contributed by atoms with Crippen molar-refractivity contribution in [1.82, 2.24) is 15.1 Å². The van der Waals surface area contributed by atoms with Crippen molar-refractivity contribution in [1.29, 1.82) is 0 Å². The maximum atomic E-state index is 12.9. The summed E-state index contributed by atoms with van der Waals surface area (Å²) in [6, 6.07) is 8.16. The molecule has 1 aliphatic heterocycles. The summed E-state index contributed by atoms with van der Waals surface area (Å²) >= 11 is 1.21. The molecule has 11 heteroatoms. The van der Waals surface area contributed by atoms with E-state index in [1.165, 1.54) is 17.4 Å². The Bertz CT molecular complexity index is 1180. The monoisotopic (exact) mass is 462 g/mol. The van der Waals surface area contributed by atoms with Crippen molar-refractivity contribution < 1.29 is 22.4 Å². The van der Waals surface area contributed by atoms with Gasteiger partial charge >= 0.3 is 11.8 Å². The fourth-order valence-corrected chi connectivity index (χ4v) is 5.87. The number of anilines is 1. The molecule has 1 amide bonds. The lowest BCUT2D eigenvalue weighted by Crippen LogP contribution is -2.27. The van der Waals surface area contributed by atoms with Crippen LogP contribution in [0.2, 0.25) is 0 Å². The van der Waals surface area contributed by atoms with E-state index in [2.05, 4.69) is 14.9 Å². The van der Waals surface area contributed by atoms with Crippen molar-refractivity contribution >= 4 is 33.0 Å². The van der Waals surface area contributed by atoms with E-state index in [0.29, 0.717) is 40.9 Å². The smallest absolute Gasteiger partial charge is 0.311 e. The highest BCUT2D eigenvalue weighted by Gasteiger charge is 2.27. The molecule has 0 spiro atoms. The van der Waals surface area contributed by atoms with Gasteiger partial charge in [-0.1, -0.05) is 0 Å². The van der Waals surface area contributed by atoms with Crippen LogP contribution < -0.4 is 9.46 Å². The Morgan fingerprint density at radius 3 is 2.61 bits per heavy atom. The van der Waals surface area contributed by atoms with Crippen molar-refractivity contribution in [3.8, 4) is 16.5 Å². The first kappa shape index (κ1) is 21.3. The van der Waals surface area contributed by atoms with Gasteiger partial charge in [-0.05, 0) is 57.0 Å². The van der Waals surface area contributed by atoms with Crippen molar-refractivity contribution in [2.24, 2.45) is 0 Å². The summed E-state index contributed by atoms with van der Waals surface area (Å²) in [5, 5.41) is 7.79. The van der Waals surface area contributed by atoms with Gasteiger partial charge in [-0.2, -0.15) is 0 Å². The molecule has 1 fully saturated rings. The number of carbonyl (C=O) groups is 1. The minimum absolute atomic E-state index is 0.0835. The number of ether oxygens (including phenoxy) is 1. The van der Waals surface area contributed by atoms with Crippen LogP contribution in [-0.4, -0.2) is 49.1 Å². The highest BCUT2D eigenvalue weighted by molar-refractivity contribution is 7.93. The molecule has 0 atom stereocenters. The zero-order chi connectivity index (χ0) is 22.0. The third kappa shape index (κ3) is 4.57. The number of thiophene rings is 1. The van der Waals surface area contributed by atoms with Gasteiger partial charge in [0.25, 0.3) is 15.9 Å². The quantitative estimate of drug-likeness (QED) is 0.571. The van der Waals surface area contributed by atoms with Crippen LogP contribution in [0, 0.1) is 6.92 Å².